The normalized spacial score (nSPS) is 25.3. The molecule has 1 aliphatic heterocycles. The molecule has 0 bridgehead atoms. The number of benzene rings is 1. The van der Waals surface area contributed by atoms with Crippen LogP contribution in [0, 0.1) is 12.8 Å². The summed E-state index contributed by atoms with van der Waals surface area (Å²) in [5.74, 6) is 0.621. The summed E-state index contributed by atoms with van der Waals surface area (Å²) < 4.78 is 0.880. The summed E-state index contributed by atoms with van der Waals surface area (Å²) in [5.41, 5.74) is 2.63. The molecule has 0 radical (unpaired) electrons. The molecule has 0 amide bonds. The van der Waals surface area contributed by atoms with Crippen molar-refractivity contribution in [1.82, 2.24) is 5.32 Å². The lowest BCUT2D eigenvalue weighted by Gasteiger charge is -2.25. The van der Waals surface area contributed by atoms with Gasteiger partial charge in [-0.05, 0) is 76.1 Å². The fourth-order valence-corrected chi connectivity index (χ4v) is 3.94. The van der Waals surface area contributed by atoms with Crippen molar-refractivity contribution >= 4 is 28.3 Å². The Hall–Kier alpha value is -0.330. The highest BCUT2D eigenvalue weighted by Gasteiger charge is 2.17. The van der Waals surface area contributed by atoms with Crippen molar-refractivity contribution in [3.05, 3.63) is 29.8 Å². The molecule has 1 aromatic carbocycles. The standard InChI is InChI=1S/C12H18N2.C7H13IO/c1-10-4-2-3-5-12(10)14-11-6-8-13-9-7-11;8-7-3-1-6(5-9)2-4-7/h2-5,11,13-14H,6-9H2,1H3;6-7,9H,1-5H2. The minimum atomic E-state index is 0.406. The second-order valence-electron chi connectivity index (χ2n) is 6.78. The van der Waals surface area contributed by atoms with Gasteiger partial charge in [-0.15, -0.1) is 0 Å². The summed E-state index contributed by atoms with van der Waals surface area (Å²) in [7, 11) is 0. The molecule has 3 N–H and O–H groups in total. The number of halogens is 1. The maximum absolute atomic E-state index is 8.77. The van der Waals surface area contributed by atoms with E-state index in [-0.39, 0.29) is 0 Å². The van der Waals surface area contributed by atoms with Gasteiger partial charge in [-0.1, -0.05) is 40.8 Å². The van der Waals surface area contributed by atoms with Gasteiger partial charge in [0.15, 0.2) is 0 Å². The summed E-state index contributed by atoms with van der Waals surface area (Å²) in [6.45, 7) is 4.85. The number of nitrogens with one attached hydrogen (secondary N) is 2. The first-order chi connectivity index (χ1) is 11.2. The van der Waals surface area contributed by atoms with Gasteiger partial charge in [0.2, 0.25) is 0 Å². The van der Waals surface area contributed by atoms with Gasteiger partial charge in [0.1, 0.15) is 0 Å². The van der Waals surface area contributed by atoms with Crippen LogP contribution in [0.15, 0.2) is 24.3 Å². The van der Waals surface area contributed by atoms with Crippen molar-refractivity contribution in [3.8, 4) is 0 Å². The van der Waals surface area contributed by atoms with Crippen LogP contribution in [-0.2, 0) is 0 Å². The van der Waals surface area contributed by atoms with Crippen LogP contribution in [-0.4, -0.2) is 34.8 Å². The van der Waals surface area contributed by atoms with E-state index in [1.165, 1.54) is 49.8 Å². The van der Waals surface area contributed by atoms with Crippen LogP contribution < -0.4 is 10.6 Å². The van der Waals surface area contributed by atoms with Crippen molar-refractivity contribution < 1.29 is 5.11 Å². The first kappa shape index (κ1) is 19.0. The summed E-state index contributed by atoms with van der Waals surface area (Å²) in [6.07, 6.45) is 7.56. The molecule has 1 heterocycles. The van der Waals surface area contributed by atoms with Gasteiger partial charge in [-0.3, -0.25) is 0 Å². The fourth-order valence-electron chi connectivity index (χ4n) is 3.23. The Kier molecular flexibility index (Phi) is 8.69. The van der Waals surface area contributed by atoms with Gasteiger partial charge in [0.05, 0.1) is 0 Å². The largest absolute Gasteiger partial charge is 0.396 e. The zero-order valence-electron chi connectivity index (χ0n) is 14.2. The van der Waals surface area contributed by atoms with Gasteiger partial charge in [-0.2, -0.15) is 0 Å². The van der Waals surface area contributed by atoms with Gasteiger partial charge in [0, 0.05) is 22.3 Å². The number of rotatable bonds is 3. The number of aliphatic hydroxyl groups is 1. The smallest absolute Gasteiger partial charge is 0.0459 e. The zero-order chi connectivity index (χ0) is 16.5. The molecule has 4 heteroatoms. The molecule has 0 spiro atoms. The van der Waals surface area contributed by atoms with Crippen LogP contribution in [0.3, 0.4) is 0 Å². The number of hydrogen-bond acceptors (Lipinski definition) is 3. The molecular formula is C19H31IN2O. The molecular weight excluding hydrogens is 399 g/mol. The first-order valence-electron chi connectivity index (χ1n) is 8.97. The second-order valence-corrected chi connectivity index (χ2v) is 8.55. The van der Waals surface area contributed by atoms with Crippen LogP contribution in [0.2, 0.25) is 0 Å². The predicted molar refractivity (Wildman–Crippen MR) is 108 cm³/mol. The van der Waals surface area contributed by atoms with Crippen LogP contribution >= 0.6 is 22.6 Å². The van der Waals surface area contributed by atoms with E-state index in [0.29, 0.717) is 18.6 Å². The van der Waals surface area contributed by atoms with Crippen molar-refractivity contribution in [2.24, 2.45) is 5.92 Å². The highest BCUT2D eigenvalue weighted by Crippen LogP contribution is 2.28. The van der Waals surface area contributed by atoms with E-state index < -0.39 is 0 Å². The molecule has 0 aromatic heterocycles. The molecule has 2 aliphatic rings. The molecule has 1 aromatic rings. The second kappa shape index (κ2) is 10.5. The summed E-state index contributed by atoms with van der Waals surface area (Å²) in [5, 5.41) is 15.8. The fraction of sp³-hybridized carbons (Fsp3) is 0.684. The Bertz CT molecular complexity index is 441. The van der Waals surface area contributed by atoms with E-state index >= 15 is 0 Å². The number of aryl methyl sites for hydroxylation is 1. The minimum absolute atomic E-state index is 0.406. The molecule has 3 nitrogen and oxygen atoms in total. The molecule has 0 atom stereocenters. The topological polar surface area (TPSA) is 44.3 Å². The molecule has 0 unspecified atom stereocenters. The van der Waals surface area contributed by atoms with Crippen LogP contribution in [0.5, 0.6) is 0 Å². The van der Waals surface area contributed by atoms with E-state index in [2.05, 4.69) is 64.4 Å². The predicted octanol–water partition coefficient (Wildman–Crippen LogP) is 4.13. The van der Waals surface area contributed by atoms with Crippen molar-refractivity contribution in [3.63, 3.8) is 0 Å². The molecule has 1 aliphatic carbocycles. The van der Waals surface area contributed by atoms with E-state index in [9.17, 15) is 0 Å². The number of piperidine rings is 1. The third-order valence-corrected chi connectivity index (χ3v) is 6.12. The summed E-state index contributed by atoms with van der Waals surface area (Å²) in [4.78, 5) is 0. The number of anilines is 1. The number of aliphatic hydroxyl groups excluding tert-OH is 1. The lowest BCUT2D eigenvalue weighted by molar-refractivity contribution is 0.193. The summed E-state index contributed by atoms with van der Waals surface area (Å²) >= 11 is 2.50. The van der Waals surface area contributed by atoms with Crippen molar-refractivity contribution in [2.75, 3.05) is 25.0 Å². The van der Waals surface area contributed by atoms with Gasteiger partial charge < -0.3 is 15.7 Å². The number of hydrogen-bond donors (Lipinski definition) is 3. The first-order valence-corrected chi connectivity index (χ1v) is 10.2. The molecule has 23 heavy (non-hydrogen) atoms. The van der Waals surface area contributed by atoms with Crippen LogP contribution in [0.25, 0.3) is 0 Å². The number of alkyl halides is 1. The van der Waals surface area contributed by atoms with E-state index in [4.69, 9.17) is 5.11 Å². The lowest BCUT2D eigenvalue weighted by atomic mass is 9.90. The molecule has 1 saturated carbocycles. The molecule has 2 fully saturated rings. The average Bonchev–Trinajstić information content (AvgIpc) is 2.59. The zero-order valence-corrected chi connectivity index (χ0v) is 16.4. The average molecular weight is 430 g/mol. The Balaban J connectivity index is 0.000000185. The van der Waals surface area contributed by atoms with E-state index in [1.807, 2.05) is 0 Å². The van der Waals surface area contributed by atoms with E-state index in [1.54, 1.807) is 0 Å². The molecule has 3 rings (SSSR count). The van der Waals surface area contributed by atoms with E-state index in [0.717, 1.165) is 17.0 Å². The SMILES string of the molecule is Cc1ccccc1NC1CCNCC1.OCC1CCC(I)CC1. The van der Waals surface area contributed by atoms with Gasteiger partial charge in [-0.25, -0.2) is 0 Å². The van der Waals surface area contributed by atoms with Gasteiger partial charge >= 0.3 is 0 Å². The van der Waals surface area contributed by atoms with Crippen molar-refractivity contribution in [1.29, 1.82) is 0 Å². The molecule has 130 valence electrons. The Labute approximate surface area is 154 Å². The van der Waals surface area contributed by atoms with Crippen molar-refractivity contribution in [2.45, 2.75) is 55.4 Å². The Morgan fingerprint density at radius 3 is 2.35 bits per heavy atom. The minimum Gasteiger partial charge on any atom is -0.396 e. The highest BCUT2D eigenvalue weighted by molar-refractivity contribution is 14.1. The third kappa shape index (κ3) is 6.98. The number of para-hydroxylation sites is 1. The van der Waals surface area contributed by atoms with Crippen LogP contribution in [0.4, 0.5) is 5.69 Å². The highest BCUT2D eigenvalue weighted by atomic mass is 127. The third-order valence-electron chi connectivity index (χ3n) is 4.88. The monoisotopic (exact) mass is 430 g/mol. The lowest BCUT2D eigenvalue weighted by Crippen LogP contribution is -2.35. The maximum Gasteiger partial charge on any atom is 0.0459 e. The quantitative estimate of drug-likeness (QED) is 0.499. The maximum atomic E-state index is 8.77. The van der Waals surface area contributed by atoms with Gasteiger partial charge in [0.25, 0.3) is 0 Å². The van der Waals surface area contributed by atoms with Crippen LogP contribution in [0.1, 0.15) is 44.1 Å². The molecule has 1 saturated heterocycles. The summed E-state index contributed by atoms with van der Waals surface area (Å²) in [6, 6.07) is 9.15. The Morgan fingerprint density at radius 2 is 1.74 bits per heavy atom. The Morgan fingerprint density at radius 1 is 1.09 bits per heavy atom.